The molecular weight excluding hydrogens is 174 g/mol. The molecule has 0 bridgehead atoms. The Labute approximate surface area is 85.3 Å². The van der Waals surface area contributed by atoms with Gasteiger partial charge in [0.1, 0.15) is 0 Å². The van der Waals surface area contributed by atoms with E-state index in [1.807, 2.05) is 19.4 Å². The standard InChI is InChI=1S/C11H19N3/c1-3-11(5-4-6-11)14-8-13-7-10(14)9(2)12/h7-9H,3-6,12H2,1-2H3. The van der Waals surface area contributed by atoms with Crippen LogP contribution in [0, 0.1) is 0 Å². The zero-order chi connectivity index (χ0) is 10.2. The molecule has 1 saturated carbocycles. The molecule has 2 rings (SSSR count). The maximum absolute atomic E-state index is 5.93. The van der Waals surface area contributed by atoms with Gasteiger partial charge in [-0.1, -0.05) is 6.92 Å². The molecule has 0 radical (unpaired) electrons. The molecule has 1 aliphatic rings. The molecule has 1 heterocycles. The van der Waals surface area contributed by atoms with Gasteiger partial charge in [0.15, 0.2) is 0 Å². The molecule has 0 spiro atoms. The summed E-state index contributed by atoms with van der Waals surface area (Å²) in [6.07, 6.45) is 8.93. The Hall–Kier alpha value is -0.830. The van der Waals surface area contributed by atoms with E-state index in [1.165, 1.54) is 31.4 Å². The summed E-state index contributed by atoms with van der Waals surface area (Å²) < 4.78 is 2.31. The van der Waals surface area contributed by atoms with Gasteiger partial charge in [-0.25, -0.2) is 4.98 Å². The van der Waals surface area contributed by atoms with Gasteiger partial charge in [-0.05, 0) is 32.6 Å². The number of rotatable bonds is 3. The molecular formula is C11H19N3. The van der Waals surface area contributed by atoms with Crippen molar-refractivity contribution in [2.24, 2.45) is 5.73 Å². The summed E-state index contributed by atoms with van der Waals surface area (Å²) in [6, 6.07) is 0.0847. The fraction of sp³-hybridized carbons (Fsp3) is 0.727. The lowest BCUT2D eigenvalue weighted by atomic mass is 9.74. The first-order valence-electron chi connectivity index (χ1n) is 5.48. The lowest BCUT2D eigenvalue weighted by molar-refractivity contribution is 0.131. The van der Waals surface area contributed by atoms with E-state index in [0.29, 0.717) is 5.54 Å². The summed E-state index contributed by atoms with van der Waals surface area (Å²) in [5.41, 5.74) is 7.43. The molecule has 1 aliphatic carbocycles. The van der Waals surface area contributed by atoms with Crippen LogP contribution in [0.15, 0.2) is 12.5 Å². The van der Waals surface area contributed by atoms with Crippen LogP contribution >= 0.6 is 0 Å². The minimum atomic E-state index is 0.0847. The fourth-order valence-corrected chi connectivity index (χ4v) is 2.39. The van der Waals surface area contributed by atoms with Crippen LogP contribution in [-0.4, -0.2) is 9.55 Å². The normalized spacial score (nSPS) is 21.6. The van der Waals surface area contributed by atoms with E-state index in [1.54, 1.807) is 0 Å². The first-order valence-corrected chi connectivity index (χ1v) is 5.48. The van der Waals surface area contributed by atoms with E-state index in [-0.39, 0.29) is 6.04 Å². The number of nitrogens with zero attached hydrogens (tertiary/aromatic N) is 2. The Bertz CT molecular complexity index is 305. The fourth-order valence-electron chi connectivity index (χ4n) is 2.39. The van der Waals surface area contributed by atoms with Crippen LogP contribution in [0.3, 0.4) is 0 Å². The van der Waals surface area contributed by atoms with Crippen LogP contribution < -0.4 is 5.73 Å². The van der Waals surface area contributed by atoms with Crippen molar-refractivity contribution in [3.63, 3.8) is 0 Å². The van der Waals surface area contributed by atoms with Gasteiger partial charge in [0.05, 0.1) is 12.0 Å². The second-order valence-corrected chi connectivity index (χ2v) is 4.41. The van der Waals surface area contributed by atoms with E-state index in [2.05, 4.69) is 16.5 Å². The Morgan fingerprint density at radius 3 is 2.79 bits per heavy atom. The summed E-state index contributed by atoms with van der Waals surface area (Å²) >= 11 is 0. The second kappa shape index (κ2) is 3.39. The third kappa shape index (κ3) is 1.27. The third-order valence-electron chi connectivity index (χ3n) is 3.59. The van der Waals surface area contributed by atoms with Crippen molar-refractivity contribution in [3.05, 3.63) is 18.2 Å². The minimum absolute atomic E-state index is 0.0847. The molecule has 0 saturated heterocycles. The molecule has 14 heavy (non-hydrogen) atoms. The summed E-state index contributed by atoms with van der Waals surface area (Å²) in [6.45, 7) is 4.28. The first-order chi connectivity index (χ1) is 6.69. The van der Waals surface area contributed by atoms with Gasteiger partial charge in [-0.15, -0.1) is 0 Å². The minimum Gasteiger partial charge on any atom is -0.327 e. The molecule has 3 heteroatoms. The van der Waals surface area contributed by atoms with Gasteiger partial charge in [0, 0.05) is 17.8 Å². The number of aromatic nitrogens is 2. The van der Waals surface area contributed by atoms with Crippen LogP contribution in [0.1, 0.15) is 51.3 Å². The largest absolute Gasteiger partial charge is 0.327 e. The molecule has 0 amide bonds. The average molecular weight is 193 g/mol. The average Bonchev–Trinajstić information content (AvgIpc) is 2.52. The van der Waals surface area contributed by atoms with Crippen molar-refractivity contribution >= 4 is 0 Å². The molecule has 1 fully saturated rings. The van der Waals surface area contributed by atoms with Crippen LogP contribution in [0.4, 0.5) is 0 Å². The van der Waals surface area contributed by atoms with E-state index in [4.69, 9.17) is 5.73 Å². The van der Waals surface area contributed by atoms with Crippen LogP contribution in [0.25, 0.3) is 0 Å². The Balaban J connectivity index is 2.35. The van der Waals surface area contributed by atoms with E-state index in [9.17, 15) is 0 Å². The molecule has 1 aromatic rings. The molecule has 1 aromatic heterocycles. The number of hydrogen-bond donors (Lipinski definition) is 1. The van der Waals surface area contributed by atoms with Gasteiger partial charge in [0.25, 0.3) is 0 Å². The third-order valence-corrected chi connectivity index (χ3v) is 3.59. The van der Waals surface area contributed by atoms with Crippen molar-refractivity contribution in [2.45, 2.75) is 51.1 Å². The number of hydrogen-bond acceptors (Lipinski definition) is 2. The number of nitrogens with two attached hydrogens (primary N) is 1. The maximum Gasteiger partial charge on any atom is 0.0953 e. The van der Waals surface area contributed by atoms with Crippen LogP contribution in [0.5, 0.6) is 0 Å². The lowest BCUT2D eigenvalue weighted by Gasteiger charge is -2.44. The highest BCUT2D eigenvalue weighted by molar-refractivity contribution is 5.10. The zero-order valence-electron chi connectivity index (χ0n) is 9.03. The molecule has 2 N–H and O–H groups in total. The molecule has 0 aromatic carbocycles. The highest BCUT2D eigenvalue weighted by atomic mass is 15.1. The van der Waals surface area contributed by atoms with Gasteiger partial charge >= 0.3 is 0 Å². The van der Waals surface area contributed by atoms with Crippen molar-refractivity contribution in [2.75, 3.05) is 0 Å². The van der Waals surface area contributed by atoms with E-state index < -0.39 is 0 Å². The van der Waals surface area contributed by atoms with Crippen molar-refractivity contribution in [3.8, 4) is 0 Å². The van der Waals surface area contributed by atoms with E-state index in [0.717, 1.165) is 0 Å². The summed E-state index contributed by atoms with van der Waals surface area (Å²) in [5, 5.41) is 0. The monoisotopic (exact) mass is 193 g/mol. The highest BCUT2D eigenvalue weighted by Crippen LogP contribution is 2.43. The smallest absolute Gasteiger partial charge is 0.0953 e. The molecule has 78 valence electrons. The summed E-state index contributed by atoms with van der Waals surface area (Å²) in [5.74, 6) is 0. The zero-order valence-corrected chi connectivity index (χ0v) is 9.03. The molecule has 1 unspecified atom stereocenters. The maximum atomic E-state index is 5.93. The summed E-state index contributed by atoms with van der Waals surface area (Å²) in [7, 11) is 0. The van der Waals surface area contributed by atoms with Gasteiger partial charge in [0.2, 0.25) is 0 Å². The van der Waals surface area contributed by atoms with E-state index >= 15 is 0 Å². The molecule has 3 nitrogen and oxygen atoms in total. The quantitative estimate of drug-likeness (QED) is 0.799. The van der Waals surface area contributed by atoms with Crippen LogP contribution in [0.2, 0.25) is 0 Å². The highest BCUT2D eigenvalue weighted by Gasteiger charge is 2.38. The van der Waals surface area contributed by atoms with Gasteiger partial charge < -0.3 is 10.3 Å². The first kappa shape index (κ1) is 9.71. The predicted molar refractivity (Wildman–Crippen MR) is 56.9 cm³/mol. The van der Waals surface area contributed by atoms with Gasteiger partial charge in [-0.2, -0.15) is 0 Å². The van der Waals surface area contributed by atoms with Crippen molar-refractivity contribution < 1.29 is 0 Å². The Morgan fingerprint density at radius 1 is 1.64 bits per heavy atom. The van der Waals surface area contributed by atoms with Crippen molar-refractivity contribution in [1.82, 2.24) is 9.55 Å². The predicted octanol–water partition coefficient (Wildman–Crippen LogP) is 2.19. The Morgan fingerprint density at radius 2 is 2.36 bits per heavy atom. The SMILES string of the molecule is CCC1(n2cncc2C(C)N)CCC1. The van der Waals surface area contributed by atoms with Crippen molar-refractivity contribution in [1.29, 1.82) is 0 Å². The van der Waals surface area contributed by atoms with Crippen LogP contribution in [-0.2, 0) is 5.54 Å². The second-order valence-electron chi connectivity index (χ2n) is 4.41. The lowest BCUT2D eigenvalue weighted by Crippen LogP contribution is -2.41. The topological polar surface area (TPSA) is 43.8 Å². The number of imidazole rings is 1. The van der Waals surface area contributed by atoms with Gasteiger partial charge in [-0.3, -0.25) is 0 Å². The molecule has 0 aliphatic heterocycles. The molecule has 1 atom stereocenters. The Kier molecular flexibility index (Phi) is 2.35. The summed E-state index contributed by atoms with van der Waals surface area (Å²) in [4.78, 5) is 4.22.